The number of halogens is 1. The van der Waals surface area contributed by atoms with Crippen molar-refractivity contribution in [1.29, 1.82) is 0 Å². The predicted octanol–water partition coefficient (Wildman–Crippen LogP) is 4.43. The molecule has 0 aliphatic carbocycles. The van der Waals surface area contributed by atoms with E-state index in [1.54, 1.807) is 25.6 Å². The number of hydrogen-bond acceptors (Lipinski definition) is 7. The zero-order chi connectivity index (χ0) is 21.8. The second kappa shape index (κ2) is 9.99. The Labute approximate surface area is 195 Å². The van der Waals surface area contributed by atoms with E-state index >= 15 is 0 Å². The van der Waals surface area contributed by atoms with E-state index in [-0.39, 0.29) is 5.91 Å². The number of aromatic nitrogens is 1. The second-order valence-electron chi connectivity index (χ2n) is 7.26. The molecule has 4 rings (SSSR count). The molecule has 0 N–H and O–H groups in total. The van der Waals surface area contributed by atoms with Crippen LogP contribution in [0, 0.1) is 0 Å². The third-order valence-electron chi connectivity index (χ3n) is 5.27. The van der Waals surface area contributed by atoms with Crippen LogP contribution in [0.25, 0.3) is 9.88 Å². The van der Waals surface area contributed by atoms with Crippen molar-refractivity contribution in [3.05, 3.63) is 51.3 Å². The van der Waals surface area contributed by atoms with Crippen molar-refractivity contribution >= 4 is 40.2 Å². The molecule has 0 bridgehead atoms. The summed E-state index contributed by atoms with van der Waals surface area (Å²) in [6.07, 6.45) is 0.333. The highest BCUT2D eigenvalue weighted by molar-refractivity contribution is 7.23. The molecule has 0 atom stereocenters. The van der Waals surface area contributed by atoms with E-state index in [9.17, 15) is 4.79 Å². The molecule has 9 heteroatoms. The average Bonchev–Trinajstić information content (AvgIpc) is 3.43. The maximum absolute atomic E-state index is 12.8. The molecule has 3 heterocycles. The number of carbonyl (C=O) groups excluding carboxylic acids is 1. The van der Waals surface area contributed by atoms with Gasteiger partial charge >= 0.3 is 0 Å². The van der Waals surface area contributed by atoms with Crippen molar-refractivity contribution < 1.29 is 14.3 Å². The lowest BCUT2D eigenvalue weighted by Crippen LogP contribution is -2.48. The lowest BCUT2D eigenvalue weighted by molar-refractivity contribution is -0.132. The summed E-state index contributed by atoms with van der Waals surface area (Å²) in [5.74, 6) is 1.79. The number of thiazole rings is 1. The highest BCUT2D eigenvalue weighted by Gasteiger charge is 2.23. The van der Waals surface area contributed by atoms with Crippen molar-refractivity contribution in [1.82, 2.24) is 14.8 Å². The molecule has 31 heavy (non-hydrogen) atoms. The molecule has 2 aromatic heterocycles. The van der Waals surface area contributed by atoms with Gasteiger partial charge in [-0.1, -0.05) is 11.6 Å². The second-order valence-corrected chi connectivity index (χ2v) is 9.83. The molecule has 0 radical (unpaired) electrons. The Kier molecular flexibility index (Phi) is 7.12. The lowest BCUT2D eigenvalue weighted by Gasteiger charge is -2.35. The van der Waals surface area contributed by atoms with E-state index in [4.69, 9.17) is 21.1 Å². The summed E-state index contributed by atoms with van der Waals surface area (Å²) in [5, 5.41) is 2.88. The van der Waals surface area contributed by atoms with Gasteiger partial charge in [0.1, 0.15) is 16.5 Å². The SMILES string of the molecule is COc1ccc(OC)c(CN2CCN(C(=O)Cc3csc(-c4ccc(Cl)s4)n3)CC2)c1. The van der Waals surface area contributed by atoms with Gasteiger partial charge in [0.15, 0.2) is 0 Å². The van der Waals surface area contributed by atoms with Crippen LogP contribution in [0.3, 0.4) is 0 Å². The molecule has 1 aliphatic heterocycles. The predicted molar refractivity (Wildman–Crippen MR) is 126 cm³/mol. The van der Waals surface area contributed by atoms with E-state index in [0.717, 1.165) is 56.6 Å². The van der Waals surface area contributed by atoms with Crippen molar-refractivity contribution in [3.8, 4) is 21.4 Å². The molecule has 0 unspecified atom stereocenters. The third kappa shape index (κ3) is 5.38. The number of ether oxygens (including phenoxy) is 2. The first-order chi connectivity index (χ1) is 15.1. The zero-order valence-electron chi connectivity index (χ0n) is 17.5. The number of nitrogens with zero attached hydrogens (tertiary/aromatic N) is 3. The van der Waals surface area contributed by atoms with E-state index < -0.39 is 0 Å². The fourth-order valence-corrected chi connectivity index (χ4v) is 5.53. The van der Waals surface area contributed by atoms with Crippen LogP contribution >= 0.6 is 34.3 Å². The molecule has 0 saturated carbocycles. The van der Waals surface area contributed by atoms with Gasteiger partial charge in [0.25, 0.3) is 0 Å². The summed E-state index contributed by atoms with van der Waals surface area (Å²) >= 11 is 9.07. The van der Waals surface area contributed by atoms with Gasteiger partial charge in [-0.05, 0) is 30.3 Å². The Balaban J connectivity index is 1.31. The molecule has 1 fully saturated rings. The van der Waals surface area contributed by atoms with Crippen LogP contribution in [-0.4, -0.2) is 61.1 Å². The van der Waals surface area contributed by atoms with Gasteiger partial charge in [-0.25, -0.2) is 4.98 Å². The van der Waals surface area contributed by atoms with Crippen molar-refractivity contribution in [3.63, 3.8) is 0 Å². The summed E-state index contributed by atoms with van der Waals surface area (Å²) in [6.45, 7) is 3.83. The van der Waals surface area contributed by atoms with Crippen LogP contribution in [-0.2, 0) is 17.8 Å². The zero-order valence-corrected chi connectivity index (χ0v) is 19.9. The normalized spacial score (nSPS) is 14.6. The summed E-state index contributed by atoms with van der Waals surface area (Å²) in [6, 6.07) is 9.68. The molecule has 1 aromatic carbocycles. The number of rotatable bonds is 7. The fraction of sp³-hybridized carbons (Fsp3) is 0.364. The smallest absolute Gasteiger partial charge is 0.228 e. The summed E-state index contributed by atoms with van der Waals surface area (Å²) in [7, 11) is 3.34. The maximum Gasteiger partial charge on any atom is 0.228 e. The van der Waals surface area contributed by atoms with Crippen LogP contribution in [0.1, 0.15) is 11.3 Å². The summed E-state index contributed by atoms with van der Waals surface area (Å²) < 4.78 is 11.6. The number of benzene rings is 1. The molecule has 1 amide bonds. The number of thiophene rings is 1. The molecular formula is C22H24ClN3O3S2. The maximum atomic E-state index is 12.8. The molecule has 3 aromatic rings. The van der Waals surface area contributed by atoms with Crippen LogP contribution < -0.4 is 9.47 Å². The quantitative estimate of drug-likeness (QED) is 0.504. The number of methoxy groups -OCH3 is 2. The number of hydrogen-bond donors (Lipinski definition) is 0. The van der Waals surface area contributed by atoms with Gasteiger partial charge in [0.2, 0.25) is 5.91 Å². The summed E-state index contributed by atoms with van der Waals surface area (Å²) in [4.78, 5) is 22.7. The van der Waals surface area contributed by atoms with Gasteiger partial charge in [-0.3, -0.25) is 9.69 Å². The van der Waals surface area contributed by atoms with Gasteiger partial charge < -0.3 is 14.4 Å². The first-order valence-corrected chi connectivity index (χ1v) is 12.0. The van der Waals surface area contributed by atoms with E-state index in [2.05, 4.69) is 9.88 Å². The Morgan fingerprint density at radius 3 is 2.61 bits per heavy atom. The Bertz CT molecular complexity index is 1040. The lowest BCUT2D eigenvalue weighted by atomic mass is 10.1. The highest BCUT2D eigenvalue weighted by Crippen LogP contribution is 2.33. The van der Waals surface area contributed by atoms with Gasteiger partial charge in [0.05, 0.1) is 35.5 Å². The summed E-state index contributed by atoms with van der Waals surface area (Å²) in [5.41, 5.74) is 1.91. The third-order valence-corrected chi connectivity index (χ3v) is 7.57. The monoisotopic (exact) mass is 477 g/mol. The first kappa shape index (κ1) is 22.1. The molecule has 164 valence electrons. The van der Waals surface area contributed by atoms with E-state index in [1.165, 1.54) is 11.3 Å². The van der Waals surface area contributed by atoms with Crippen molar-refractivity contribution in [2.24, 2.45) is 0 Å². The minimum absolute atomic E-state index is 0.125. The van der Waals surface area contributed by atoms with Crippen molar-refractivity contribution in [2.45, 2.75) is 13.0 Å². The standard InChI is InChI=1S/C22H24ClN3O3S2/c1-28-17-3-4-18(29-2)15(11-17)13-25-7-9-26(10-8-25)21(27)12-16-14-30-22(24-16)19-5-6-20(23)31-19/h3-6,11,14H,7-10,12-13H2,1-2H3. The minimum Gasteiger partial charge on any atom is -0.497 e. The minimum atomic E-state index is 0.125. The Morgan fingerprint density at radius 1 is 1.13 bits per heavy atom. The Hall–Kier alpha value is -2.13. The van der Waals surface area contributed by atoms with Crippen LogP contribution in [0.2, 0.25) is 4.34 Å². The van der Waals surface area contributed by atoms with Crippen LogP contribution in [0.5, 0.6) is 11.5 Å². The topological polar surface area (TPSA) is 54.9 Å². The highest BCUT2D eigenvalue weighted by atomic mass is 35.5. The van der Waals surface area contributed by atoms with Crippen LogP contribution in [0.4, 0.5) is 0 Å². The fourth-order valence-electron chi connectivity index (χ4n) is 3.60. The number of piperazine rings is 1. The molecule has 0 spiro atoms. The molecule has 1 aliphatic rings. The van der Waals surface area contributed by atoms with Gasteiger partial charge in [0, 0.05) is 43.7 Å². The van der Waals surface area contributed by atoms with Crippen molar-refractivity contribution in [2.75, 3.05) is 40.4 Å². The average molecular weight is 478 g/mol. The van der Waals surface area contributed by atoms with E-state index in [1.807, 2.05) is 40.6 Å². The van der Waals surface area contributed by atoms with E-state index in [0.29, 0.717) is 19.5 Å². The number of amides is 1. The van der Waals surface area contributed by atoms with Gasteiger partial charge in [-0.15, -0.1) is 22.7 Å². The molecular weight excluding hydrogens is 454 g/mol. The van der Waals surface area contributed by atoms with Gasteiger partial charge in [-0.2, -0.15) is 0 Å². The Morgan fingerprint density at radius 2 is 1.94 bits per heavy atom. The molecule has 6 nitrogen and oxygen atoms in total. The van der Waals surface area contributed by atoms with Crippen LogP contribution in [0.15, 0.2) is 35.7 Å². The largest absolute Gasteiger partial charge is 0.497 e. The first-order valence-electron chi connectivity index (χ1n) is 9.97. The number of carbonyl (C=O) groups is 1. The molecule has 1 saturated heterocycles.